The van der Waals surface area contributed by atoms with E-state index in [4.69, 9.17) is 13.9 Å². The summed E-state index contributed by atoms with van der Waals surface area (Å²) in [4.78, 5) is 40.4. The average Bonchev–Trinajstić information content (AvgIpc) is 3.48. The molecule has 0 atom stereocenters. The lowest BCUT2D eigenvalue weighted by molar-refractivity contribution is -0.386. The lowest BCUT2D eigenvalue weighted by Gasteiger charge is -2.13. The summed E-state index contributed by atoms with van der Waals surface area (Å²) < 4.78 is 18.5. The van der Waals surface area contributed by atoms with Gasteiger partial charge in [0, 0.05) is 29.1 Å². The van der Waals surface area contributed by atoms with Crippen molar-refractivity contribution in [1.82, 2.24) is 9.66 Å². The molecule has 0 saturated carbocycles. The van der Waals surface area contributed by atoms with Crippen LogP contribution in [0, 0.1) is 20.2 Å². The van der Waals surface area contributed by atoms with Crippen molar-refractivity contribution in [2.24, 2.45) is 5.10 Å². The summed E-state index contributed by atoms with van der Waals surface area (Å²) in [5.41, 5.74) is 0.698. The van der Waals surface area contributed by atoms with E-state index in [-0.39, 0.29) is 41.8 Å². The van der Waals surface area contributed by atoms with Gasteiger partial charge in [-0.15, -0.1) is 0 Å². The predicted octanol–water partition coefficient (Wildman–Crippen LogP) is 6.49. The molecule has 0 saturated heterocycles. The highest BCUT2D eigenvalue weighted by atomic mass is 16.6. The van der Waals surface area contributed by atoms with E-state index >= 15 is 0 Å². The molecule has 0 spiro atoms. The molecule has 0 N–H and O–H groups in total. The Labute approximate surface area is 253 Å². The normalized spacial score (nSPS) is 11.3. The van der Waals surface area contributed by atoms with Crippen LogP contribution in [-0.2, 0) is 6.61 Å². The van der Waals surface area contributed by atoms with E-state index in [2.05, 4.69) is 10.1 Å². The zero-order valence-corrected chi connectivity index (χ0v) is 23.7. The van der Waals surface area contributed by atoms with Crippen molar-refractivity contribution >= 4 is 39.5 Å². The summed E-state index contributed by atoms with van der Waals surface area (Å²) in [5.74, 6) is 0.350. The minimum atomic E-state index is -0.633. The molecule has 4 aromatic carbocycles. The monoisotopic (exact) mass is 605 g/mol. The second kappa shape index (κ2) is 12.1. The summed E-state index contributed by atoms with van der Waals surface area (Å²) in [7, 11) is 0. The molecule has 6 aromatic rings. The number of nitro groups is 2. The van der Waals surface area contributed by atoms with Crippen LogP contribution in [0.25, 0.3) is 33.5 Å². The molecule has 0 aliphatic heterocycles. The number of furan rings is 1. The molecule has 0 radical (unpaired) electrons. The Morgan fingerprint density at radius 2 is 1.73 bits per heavy atom. The van der Waals surface area contributed by atoms with Crippen molar-refractivity contribution in [3.05, 3.63) is 133 Å². The Morgan fingerprint density at radius 1 is 0.933 bits per heavy atom. The highest BCUT2D eigenvalue weighted by molar-refractivity contribution is 5.86. The smallest absolute Gasteiger partial charge is 0.315 e. The van der Waals surface area contributed by atoms with E-state index in [9.17, 15) is 25.0 Å². The van der Waals surface area contributed by atoms with Gasteiger partial charge in [0.05, 0.1) is 33.6 Å². The number of nitro benzene ring substituents is 2. The van der Waals surface area contributed by atoms with Gasteiger partial charge in [0.1, 0.15) is 12.2 Å². The molecule has 13 heteroatoms. The van der Waals surface area contributed by atoms with Gasteiger partial charge >= 0.3 is 5.69 Å². The molecule has 0 unspecified atom stereocenters. The van der Waals surface area contributed by atoms with E-state index in [0.29, 0.717) is 27.8 Å². The van der Waals surface area contributed by atoms with Crippen molar-refractivity contribution in [2.75, 3.05) is 6.61 Å². The molecule has 2 heterocycles. The first-order chi connectivity index (χ1) is 21.8. The van der Waals surface area contributed by atoms with Crippen molar-refractivity contribution in [1.29, 1.82) is 0 Å². The van der Waals surface area contributed by atoms with Crippen LogP contribution in [0.15, 0.2) is 105 Å². The molecule has 2 aromatic heterocycles. The lowest BCUT2D eigenvalue weighted by atomic mass is 10.1. The van der Waals surface area contributed by atoms with Gasteiger partial charge in [-0.1, -0.05) is 42.5 Å². The number of hydrogen-bond acceptors (Lipinski definition) is 10. The SMILES string of the molecule is CCOc1cc(C=Nn2c(-c3cc4ccccc4o3)nc3ccccc3c2=O)cc([N+](=O)[O-])c1OCc1cccc([N+](=O)[O-])c1. The fraction of sp³-hybridized carbons (Fsp3) is 0.0938. The Bertz CT molecular complexity index is 2150. The van der Waals surface area contributed by atoms with Crippen LogP contribution in [0.1, 0.15) is 18.1 Å². The van der Waals surface area contributed by atoms with Gasteiger partial charge in [-0.05, 0) is 42.8 Å². The zero-order chi connectivity index (χ0) is 31.5. The van der Waals surface area contributed by atoms with Crippen LogP contribution in [0.2, 0.25) is 0 Å². The highest BCUT2D eigenvalue weighted by Gasteiger charge is 2.23. The average molecular weight is 606 g/mol. The van der Waals surface area contributed by atoms with Crippen LogP contribution < -0.4 is 15.0 Å². The second-order valence-corrected chi connectivity index (χ2v) is 9.74. The third-order valence-corrected chi connectivity index (χ3v) is 6.78. The van der Waals surface area contributed by atoms with Crippen molar-refractivity contribution < 1.29 is 23.7 Å². The molecule has 0 amide bonds. The molecule has 0 aliphatic carbocycles. The Morgan fingerprint density at radius 3 is 2.51 bits per heavy atom. The topological polar surface area (TPSA) is 165 Å². The van der Waals surface area contributed by atoms with E-state index < -0.39 is 21.1 Å². The number of non-ortho nitro benzene ring substituents is 1. The summed E-state index contributed by atoms with van der Waals surface area (Å²) in [6.07, 6.45) is 1.28. The maximum Gasteiger partial charge on any atom is 0.315 e. The Hall–Kier alpha value is -6.37. The van der Waals surface area contributed by atoms with Crippen molar-refractivity contribution in [3.63, 3.8) is 0 Å². The van der Waals surface area contributed by atoms with E-state index in [0.717, 1.165) is 10.1 Å². The molecule has 6 rings (SSSR count). The quantitative estimate of drug-likeness (QED) is 0.0964. The first-order valence-electron chi connectivity index (χ1n) is 13.7. The minimum absolute atomic E-state index is 0.0556. The predicted molar refractivity (Wildman–Crippen MR) is 166 cm³/mol. The molecule has 0 bridgehead atoms. The first kappa shape index (κ1) is 28.7. The molecular formula is C32H23N5O8. The van der Waals surface area contributed by atoms with Gasteiger partial charge in [-0.2, -0.15) is 9.78 Å². The number of para-hydroxylation sites is 2. The number of nitrogens with zero attached hydrogens (tertiary/aromatic N) is 5. The highest BCUT2D eigenvalue weighted by Crippen LogP contribution is 2.39. The van der Waals surface area contributed by atoms with E-state index in [1.807, 2.05) is 18.2 Å². The van der Waals surface area contributed by atoms with Crippen LogP contribution >= 0.6 is 0 Å². The molecule has 13 nitrogen and oxygen atoms in total. The zero-order valence-electron chi connectivity index (χ0n) is 23.7. The van der Waals surface area contributed by atoms with Gasteiger partial charge < -0.3 is 13.9 Å². The van der Waals surface area contributed by atoms with Gasteiger partial charge in [-0.25, -0.2) is 4.98 Å². The standard InChI is InChI=1S/C32H23N5O8/c1-2-43-28-16-21(15-26(37(41)42)30(28)44-19-20-8-7-10-23(14-20)36(39)40)18-33-35-31(29-17-22-9-3-6-13-27(22)45-29)34-25-12-5-4-11-24(25)32(35)38/h3-18H,2,19H2,1H3. The summed E-state index contributed by atoms with van der Waals surface area (Å²) in [6, 6.07) is 24.4. The van der Waals surface area contributed by atoms with Crippen LogP contribution in [0.4, 0.5) is 11.4 Å². The molecule has 0 aliphatic rings. The number of hydrogen-bond donors (Lipinski definition) is 0. The number of ether oxygens (including phenoxy) is 2. The van der Waals surface area contributed by atoms with Gasteiger partial charge in [0.25, 0.3) is 11.2 Å². The number of aromatic nitrogens is 2. The number of rotatable bonds is 10. The molecule has 0 fully saturated rings. The van der Waals surface area contributed by atoms with Gasteiger partial charge in [-0.3, -0.25) is 25.0 Å². The molecular weight excluding hydrogens is 582 g/mol. The van der Waals surface area contributed by atoms with E-state index in [1.54, 1.807) is 49.4 Å². The molecule has 224 valence electrons. The maximum atomic E-state index is 13.6. The summed E-state index contributed by atoms with van der Waals surface area (Å²) >= 11 is 0. The fourth-order valence-corrected chi connectivity index (χ4v) is 4.75. The van der Waals surface area contributed by atoms with Gasteiger partial charge in [0.2, 0.25) is 11.6 Å². The maximum absolute atomic E-state index is 13.6. The van der Waals surface area contributed by atoms with Crippen LogP contribution in [0.3, 0.4) is 0 Å². The summed E-state index contributed by atoms with van der Waals surface area (Å²) in [6.45, 7) is 1.68. The van der Waals surface area contributed by atoms with Crippen LogP contribution in [0.5, 0.6) is 11.5 Å². The Balaban J connectivity index is 1.42. The molecule has 45 heavy (non-hydrogen) atoms. The third-order valence-electron chi connectivity index (χ3n) is 6.78. The van der Waals surface area contributed by atoms with E-state index in [1.165, 1.54) is 36.5 Å². The minimum Gasteiger partial charge on any atom is -0.490 e. The second-order valence-electron chi connectivity index (χ2n) is 9.74. The number of benzene rings is 4. The third kappa shape index (κ3) is 5.82. The fourth-order valence-electron chi connectivity index (χ4n) is 4.75. The lowest BCUT2D eigenvalue weighted by Crippen LogP contribution is -2.20. The largest absolute Gasteiger partial charge is 0.490 e. The Kier molecular flexibility index (Phi) is 7.72. The van der Waals surface area contributed by atoms with Crippen LogP contribution in [-0.4, -0.2) is 32.3 Å². The van der Waals surface area contributed by atoms with Gasteiger partial charge in [0.15, 0.2) is 11.5 Å². The van der Waals surface area contributed by atoms with Crippen molar-refractivity contribution in [3.8, 4) is 23.1 Å². The first-order valence-corrected chi connectivity index (χ1v) is 13.7. The van der Waals surface area contributed by atoms with Crippen molar-refractivity contribution in [2.45, 2.75) is 13.5 Å². The number of fused-ring (bicyclic) bond motifs is 2. The summed E-state index contributed by atoms with van der Waals surface area (Å²) in [5, 5.41) is 28.8.